The van der Waals surface area contributed by atoms with E-state index in [4.69, 9.17) is 16.3 Å². The molecule has 0 bridgehead atoms. The Labute approximate surface area is 144 Å². The molecule has 1 aromatic heterocycles. The zero-order valence-corrected chi connectivity index (χ0v) is 14.0. The molecule has 4 rings (SSSR count). The number of hydrogen-bond donors (Lipinski definition) is 1. The van der Waals surface area contributed by atoms with Crippen molar-refractivity contribution >= 4 is 23.6 Å². The number of aryl methyl sites for hydroxylation is 1. The molecule has 1 aromatic carbocycles. The van der Waals surface area contributed by atoms with Crippen LogP contribution in [0.4, 0.5) is 0 Å². The van der Waals surface area contributed by atoms with Gasteiger partial charge in [-0.1, -0.05) is 11.6 Å². The van der Waals surface area contributed by atoms with Gasteiger partial charge in [-0.2, -0.15) is 5.10 Å². The molecule has 24 heavy (non-hydrogen) atoms. The Morgan fingerprint density at radius 2 is 2.33 bits per heavy atom. The zero-order chi connectivity index (χ0) is 16.7. The summed E-state index contributed by atoms with van der Waals surface area (Å²) < 4.78 is 5.70. The number of nitrogens with zero attached hydrogens (tertiary/aromatic N) is 3. The van der Waals surface area contributed by atoms with Crippen LogP contribution in [-0.2, 0) is 4.79 Å². The Kier molecular flexibility index (Phi) is 3.76. The van der Waals surface area contributed by atoms with Gasteiger partial charge in [-0.25, -0.2) is 4.98 Å². The summed E-state index contributed by atoms with van der Waals surface area (Å²) in [4.78, 5) is 19.2. The predicted octanol–water partition coefficient (Wildman–Crippen LogP) is 2.91. The summed E-state index contributed by atoms with van der Waals surface area (Å²) in [5, 5.41) is 7.70. The average Bonchev–Trinajstić information content (AvgIpc) is 3.22. The molecule has 0 unspecified atom stereocenters. The highest BCUT2D eigenvalue weighted by molar-refractivity contribution is 6.30. The van der Waals surface area contributed by atoms with Crippen molar-refractivity contribution in [2.75, 3.05) is 13.2 Å². The number of likely N-dealkylation sites (tertiary alicyclic amines) is 1. The second-order valence-corrected chi connectivity index (χ2v) is 6.51. The van der Waals surface area contributed by atoms with Crippen LogP contribution in [0.25, 0.3) is 6.08 Å². The fourth-order valence-corrected chi connectivity index (χ4v) is 3.42. The van der Waals surface area contributed by atoms with Gasteiger partial charge >= 0.3 is 0 Å². The number of fused-ring (bicyclic) bond motifs is 1. The first kappa shape index (κ1) is 15.2. The number of aromatic nitrogens is 3. The molecular weight excluding hydrogens is 328 g/mol. The van der Waals surface area contributed by atoms with E-state index >= 15 is 0 Å². The van der Waals surface area contributed by atoms with Crippen molar-refractivity contribution in [1.82, 2.24) is 20.1 Å². The largest absolute Gasteiger partial charge is 0.488 e. The molecule has 1 saturated heterocycles. The van der Waals surface area contributed by atoms with Gasteiger partial charge in [0.25, 0.3) is 5.91 Å². The minimum absolute atomic E-state index is 0.0226. The average molecular weight is 345 g/mol. The molecule has 0 radical (unpaired) electrons. The number of halogens is 1. The van der Waals surface area contributed by atoms with E-state index in [1.807, 2.05) is 30.0 Å². The Balaban J connectivity index is 1.61. The first-order valence-electron chi connectivity index (χ1n) is 7.94. The maximum absolute atomic E-state index is 13.0. The van der Waals surface area contributed by atoms with Crippen molar-refractivity contribution in [3.8, 4) is 5.75 Å². The molecule has 2 aromatic rings. The fraction of sp³-hybridized carbons (Fsp3) is 0.353. The summed E-state index contributed by atoms with van der Waals surface area (Å²) in [6, 6.07) is 5.33. The van der Waals surface area contributed by atoms with Crippen molar-refractivity contribution < 1.29 is 9.53 Å². The van der Waals surface area contributed by atoms with E-state index in [9.17, 15) is 4.79 Å². The van der Waals surface area contributed by atoms with Crippen LogP contribution in [0, 0.1) is 6.92 Å². The first-order valence-corrected chi connectivity index (χ1v) is 8.32. The Morgan fingerprint density at radius 1 is 1.46 bits per heavy atom. The maximum atomic E-state index is 13.0. The monoisotopic (exact) mass is 344 g/mol. The molecule has 3 heterocycles. The lowest BCUT2D eigenvalue weighted by Crippen LogP contribution is -2.34. The second-order valence-electron chi connectivity index (χ2n) is 6.08. The molecule has 2 aliphatic rings. The van der Waals surface area contributed by atoms with Gasteiger partial charge in [-0.3, -0.25) is 9.89 Å². The third-order valence-corrected chi connectivity index (χ3v) is 4.62. The highest BCUT2D eigenvalue weighted by atomic mass is 35.5. The fourth-order valence-electron chi connectivity index (χ4n) is 3.24. The van der Waals surface area contributed by atoms with Crippen molar-refractivity contribution in [1.29, 1.82) is 0 Å². The van der Waals surface area contributed by atoms with Gasteiger partial charge in [0.15, 0.2) is 5.82 Å². The second kappa shape index (κ2) is 5.94. The van der Waals surface area contributed by atoms with Gasteiger partial charge in [0.05, 0.1) is 11.6 Å². The van der Waals surface area contributed by atoms with Crippen LogP contribution in [0.1, 0.15) is 36.1 Å². The third kappa shape index (κ3) is 2.67. The Morgan fingerprint density at radius 3 is 3.12 bits per heavy atom. The SMILES string of the molecule is Cc1nc([C@@H]2CCCN2C(=O)C2=Cc3cc(Cl)ccc3OC2)n[nH]1. The van der Waals surface area contributed by atoms with Crippen molar-refractivity contribution in [3.63, 3.8) is 0 Å². The number of hydrogen-bond acceptors (Lipinski definition) is 4. The summed E-state index contributed by atoms with van der Waals surface area (Å²) in [5.41, 5.74) is 1.46. The van der Waals surface area contributed by atoms with Gasteiger partial charge in [0, 0.05) is 17.1 Å². The smallest absolute Gasteiger partial charge is 0.253 e. The van der Waals surface area contributed by atoms with E-state index in [1.54, 1.807) is 6.07 Å². The molecular formula is C17H17ClN4O2. The number of H-pyrrole nitrogens is 1. The molecule has 2 aliphatic heterocycles. The lowest BCUT2D eigenvalue weighted by Gasteiger charge is -2.26. The molecule has 6 nitrogen and oxygen atoms in total. The summed E-state index contributed by atoms with van der Waals surface area (Å²) in [6.45, 7) is 2.83. The topological polar surface area (TPSA) is 71.1 Å². The lowest BCUT2D eigenvalue weighted by molar-refractivity contribution is -0.128. The predicted molar refractivity (Wildman–Crippen MR) is 89.7 cm³/mol. The number of amides is 1. The standard InChI is InChI=1S/C17H17ClN4O2/c1-10-19-16(21-20-10)14-3-2-6-22(14)17(23)12-7-11-8-13(18)4-5-15(11)24-9-12/h4-5,7-8,14H,2-3,6,9H2,1H3,(H,19,20,21)/t14-/m0/s1. The number of nitrogens with one attached hydrogen (secondary N) is 1. The lowest BCUT2D eigenvalue weighted by atomic mass is 10.1. The number of carbonyl (C=O) groups is 1. The van der Waals surface area contributed by atoms with Crippen LogP contribution in [-0.4, -0.2) is 39.1 Å². The highest BCUT2D eigenvalue weighted by Gasteiger charge is 2.34. The van der Waals surface area contributed by atoms with Gasteiger partial charge in [-0.15, -0.1) is 0 Å². The maximum Gasteiger partial charge on any atom is 0.253 e. The molecule has 0 saturated carbocycles. The number of benzene rings is 1. The molecule has 7 heteroatoms. The van der Waals surface area contributed by atoms with E-state index in [0.29, 0.717) is 23.0 Å². The number of rotatable bonds is 2. The summed E-state index contributed by atoms with van der Waals surface area (Å²) in [5.74, 6) is 2.16. The summed E-state index contributed by atoms with van der Waals surface area (Å²) >= 11 is 6.04. The van der Waals surface area contributed by atoms with Gasteiger partial charge < -0.3 is 9.64 Å². The Hall–Kier alpha value is -2.34. The molecule has 1 atom stereocenters. The van der Waals surface area contributed by atoms with Crippen molar-refractivity contribution in [3.05, 3.63) is 46.0 Å². The van der Waals surface area contributed by atoms with Crippen LogP contribution >= 0.6 is 11.6 Å². The number of ether oxygens (including phenoxy) is 1. The van der Waals surface area contributed by atoms with Crippen LogP contribution in [0.15, 0.2) is 23.8 Å². The van der Waals surface area contributed by atoms with Crippen LogP contribution < -0.4 is 4.74 Å². The molecule has 0 aliphatic carbocycles. The number of aromatic amines is 1. The first-order chi connectivity index (χ1) is 11.6. The molecule has 1 amide bonds. The Bertz CT molecular complexity index is 830. The van der Waals surface area contributed by atoms with E-state index < -0.39 is 0 Å². The number of carbonyl (C=O) groups excluding carboxylic acids is 1. The third-order valence-electron chi connectivity index (χ3n) is 4.39. The van der Waals surface area contributed by atoms with E-state index in [-0.39, 0.29) is 18.6 Å². The van der Waals surface area contributed by atoms with Gasteiger partial charge in [0.1, 0.15) is 18.2 Å². The molecule has 1 N–H and O–H groups in total. The van der Waals surface area contributed by atoms with E-state index in [1.165, 1.54) is 0 Å². The summed E-state index contributed by atoms with van der Waals surface area (Å²) in [6.07, 6.45) is 3.69. The highest BCUT2D eigenvalue weighted by Crippen LogP contribution is 2.34. The van der Waals surface area contributed by atoms with Gasteiger partial charge in [0.2, 0.25) is 0 Å². The quantitative estimate of drug-likeness (QED) is 0.909. The molecule has 124 valence electrons. The van der Waals surface area contributed by atoms with Crippen LogP contribution in [0.5, 0.6) is 5.75 Å². The van der Waals surface area contributed by atoms with Gasteiger partial charge in [-0.05, 0) is 44.0 Å². The van der Waals surface area contributed by atoms with E-state index in [0.717, 1.165) is 30.0 Å². The molecule has 0 spiro atoms. The van der Waals surface area contributed by atoms with Crippen LogP contribution in [0.3, 0.4) is 0 Å². The minimum atomic E-state index is -0.0795. The van der Waals surface area contributed by atoms with Crippen LogP contribution in [0.2, 0.25) is 5.02 Å². The normalized spacial score (nSPS) is 19.7. The van der Waals surface area contributed by atoms with E-state index in [2.05, 4.69) is 15.2 Å². The van der Waals surface area contributed by atoms with Crippen molar-refractivity contribution in [2.24, 2.45) is 0 Å². The summed E-state index contributed by atoms with van der Waals surface area (Å²) in [7, 11) is 0. The zero-order valence-electron chi connectivity index (χ0n) is 13.3. The molecule has 1 fully saturated rings. The van der Waals surface area contributed by atoms with Crippen molar-refractivity contribution in [2.45, 2.75) is 25.8 Å². The minimum Gasteiger partial charge on any atom is -0.488 e.